The van der Waals surface area contributed by atoms with Crippen LogP contribution in [0.4, 0.5) is 11.6 Å². The van der Waals surface area contributed by atoms with Gasteiger partial charge in [0.05, 0.1) is 0 Å². The maximum Gasteiger partial charge on any atom is 0.150 e. The fraction of sp³-hybridized carbons (Fsp3) is 0.636. The molecular formula is C11H17ClN4. The second-order valence-electron chi connectivity index (χ2n) is 4.59. The van der Waals surface area contributed by atoms with Gasteiger partial charge in [-0.1, -0.05) is 24.9 Å². The molecule has 0 saturated heterocycles. The summed E-state index contributed by atoms with van der Waals surface area (Å²) in [7, 11) is 0. The lowest BCUT2D eigenvalue weighted by atomic mass is 10.1. The molecule has 0 spiro atoms. The molecule has 0 aromatic carbocycles. The van der Waals surface area contributed by atoms with Crippen LogP contribution in [0.15, 0.2) is 6.33 Å². The van der Waals surface area contributed by atoms with Gasteiger partial charge in [0.25, 0.3) is 0 Å². The van der Waals surface area contributed by atoms with Crippen LogP contribution in [0.5, 0.6) is 0 Å². The highest BCUT2D eigenvalue weighted by Crippen LogP contribution is 2.31. The molecule has 3 N–H and O–H groups in total. The van der Waals surface area contributed by atoms with Crippen molar-refractivity contribution in [2.24, 2.45) is 11.8 Å². The smallest absolute Gasteiger partial charge is 0.150 e. The summed E-state index contributed by atoms with van der Waals surface area (Å²) in [5, 5.41) is 3.68. The van der Waals surface area contributed by atoms with Gasteiger partial charge in [-0.2, -0.15) is 0 Å². The summed E-state index contributed by atoms with van der Waals surface area (Å²) in [6.45, 7) is 3.22. The van der Waals surface area contributed by atoms with Gasteiger partial charge in [-0.05, 0) is 24.7 Å². The van der Waals surface area contributed by atoms with E-state index in [9.17, 15) is 0 Å². The lowest BCUT2D eigenvalue weighted by Crippen LogP contribution is -2.13. The van der Waals surface area contributed by atoms with E-state index in [1.54, 1.807) is 0 Å². The Morgan fingerprint density at radius 3 is 3.00 bits per heavy atom. The van der Waals surface area contributed by atoms with Crippen molar-refractivity contribution in [2.75, 3.05) is 17.6 Å². The van der Waals surface area contributed by atoms with Crippen molar-refractivity contribution >= 4 is 23.2 Å². The molecule has 16 heavy (non-hydrogen) atoms. The van der Waals surface area contributed by atoms with Crippen LogP contribution in [0.2, 0.25) is 5.02 Å². The fourth-order valence-corrected chi connectivity index (χ4v) is 2.42. The largest absolute Gasteiger partial charge is 0.382 e. The number of anilines is 2. The first-order valence-corrected chi connectivity index (χ1v) is 6.04. The van der Waals surface area contributed by atoms with Crippen molar-refractivity contribution in [2.45, 2.75) is 26.2 Å². The Morgan fingerprint density at radius 1 is 1.50 bits per heavy atom. The highest BCUT2D eigenvalue weighted by molar-refractivity contribution is 6.35. The minimum absolute atomic E-state index is 0.332. The summed E-state index contributed by atoms with van der Waals surface area (Å²) < 4.78 is 0. The third kappa shape index (κ3) is 2.55. The van der Waals surface area contributed by atoms with Crippen LogP contribution in [-0.2, 0) is 0 Å². The van der Waals surface area contributed by atoms with Crippen LogP contribution in [0.3, 0.4) is 0 Å². The number of nitrogens with zero attached hydrogens (tertiary/aromatic N) is 2. The normalized spacial score (nSPS) is 24.6. The molecule has 4 nitrogen and oxygen atoms in total. The zero-order valence-corrected chi connectivity index (χ0v) is 10.2. The molecule has 1 aromatic heterocycles. The first-order valence-electron chi connectivity index (χ1n) is 5.66. The Morgan fingerprint density at radius 2 is 2.31 bits per heavy atom. The van der Waals surface area contributed by atoms with Gasteiger partial charge in [0.15, 0.2) is 0 Å². The van der Waals surface area contributed by atoms with E-state index in [-0.39, 0.29) is 0 Å². The van der Waals surface area contributed by atoms with Crippen molar-refractivity contribution in [3.8, 4) is 0 Å². The number of hydrogen-bond donors (Lipinski definition) is 2. The minimum Gasteiger partial charge on any atom is -0.382 e. The molecular weight excluding hydrogens is 224 g/mol. The molecule has 2 rings (SSSR count). The highest BCUT2D eigenvalue weighted by atomic mass is 35.5. The molecule has 2 unspecified atom stereocenters. The molecule has 2 atom stereocenters. The summed E-state index contributed by atoms with van der Waals surface area (Å²) >= 11 is 5.99. The van der Waals surface area contributed by atoms with E-state index in [0.29, 0.717) is 16.7 Å². The Balaban J connectivity index is 1.92. The molecule has 1 aliphatic rings. The van der Waals surface area contributed by atoms with Gasteiger partial charge >= 0.3 is 0 Å². The molecule has 0 bridgehead atoms. The summed E-state index contributed by atoms with van der Waals surface area (Å²) in [6.07, 6.45) is 5.32. The summed E-state index contributed by atoms with van der Waals surface area (Å²) in [6, 6.07) is 0. The number of hydrogen-bond acceptors (Lipinski definition) is 4. The standard InChI is InChI=1S/C11H17ClN4/c1-7-2-3-8(4-7)5-14-11-9(12)10(13)15-6-16-11/h6-8H,2-5H2,1H3,(H3,13,14,15,16). The molecule has 1 saturated carbocycles. The van der Waals surface area contributed by atoms with E-state index >= 15 is 0 Å². The van der Waals surface area contributed by atoms with Gasteiger partial charge in [0.2, 0.25) is 0 Å². The summed E-state index contributed by atoms with van der Waals surface area (Å²) in [4.78, 5) is 7.91. The lowest BCUT2D eigenvalue weighted by molar-refractivity contribution is 0.536. The number of aromatic nitrogens is 2. The first kappa shape index (κ1) is 11.5. The van der Waals surface area contributed by atoms with Gasteiger partial charge in [0, 0.05) is 6.54 Å². The Hall–Kier alpha value is -1.03. The van der Waals surface area contributed by atoms with Crippen molar-refractivity contribution in [3.63, 3.8) is 0 Å². The van der Waals surface area contributed by atoms with Crippen LogP contribution in [0, 0.1) is 11.8 Å². The van der Waals surface area contributed by atoms with E-state index in [0.717, 1.165) is 18.4 Å². The average molecular weight is 241 g/mol. The molecule has 0 radical (unpaired) electrons. The zero-order chi connectivity index (χ0) is 11.5. The molecule has 1 fully saturated rings. The number of nitrogens with one attached hydrogen (secondary N) is 1. The maximum absolute atomic E-state index is 5.99. The minimum atomic E-state index is 0.332. The Bertz CT molecular complexity index is 369. The molecule has 1 aliphatic carbocycles. The van der Waals surface area contributed by atoms with Crippen LogP contribution in [0.25, 0.3) is 0 Å². The highest BCUT2D eigenvalue weighted by Gasteiger charge is 2.21. The SMILES string of the molecule is CC1CCC(CNc2ncnc(N)c2Cl)C1. The maximum atomic E-state index is 5.99. The van der Waals surface area contributed by atoms with Crippen LogP contribution in [-0.4, -0.2) is 16.5 Å². The second-order valence-corrected chi connectivity index (χ2v) is 4.96. The van der Waals surface area contributed by atoms with Gasteiger partial charge in [0.1, 0.15) is 23.0 Å². The Labute approximate surface area is 101 Å². The van der Waals surface area contributed by atoms with E-state index in [1.807, 2.05) is 0 Å². The van der Waals surface area contributed by atoms with Crippen molar-refractivity contribution in [1.82, 2.24) is 9.97 Å². The van der Waals surface area contributed by atoms with Crippen molar-refractivity contribution in [3.05, 3.63) is 11.3 Å². The molecule has 5 heteroatoms. The second kappa shape index (κ2) is 4.87. The average Bonchev–Trinajstić information content (AvgIpc) is 2.67. The monoisotopic (exact) mass is 240 g/mol. The third-order valence-corrected chi connectivity index (χ3v) is 3.55. The van der Waals surface area contributed by atoms with E-state index < -0.39 is 0 Å². The van der Waals surface area contributed by atoms with E-state index in [1.165, 1.54) is 25.6 Å². The van der Waals surface area contributed by atoms with Crippen molar-refractivity contribution in [1.29, 1.82) is 0 Å². The van der Waals surface area contributed by atoms with E-state index in [2.05, 4.69) is 22.2 Å². The fourth-order valence-electron chi connectivity index (χ4n) is 2.26. The predicted octanol–water partition coefficient (Wildman–Crippen LogP) is 2.56. The van der Waals surface area contributed by atoms with Gasteiger partial charge in [-0.25, -0.2) is 9.97 Å². The topological polar surface area (TPSA) is 63.8 Å². The van der Waals surface area contributed by atoms with Crippen LogP contribution < -0.4 is 11.1 Å². The molecule has 1 heterocycles. The number of nitrogen functional groups attached to an aromatic ring is 1. The first-order chi connectivity index (χ1) is 7.66. The van der Waals surface area contributed by atoms with Gasteiger partial charge in [-0.15, -0.1) is 0 Å². The van der Waals surface area contributed by atoms with Crippen molar-refractivity contribution < 1.29 is 0 Å². The number of halogens is 1. The van der Waals surface area contributed by atoms with Gasteiger partial charge in [-0.3, -0.25) is 0 Å². The number of rotatable bonds is 3. The lowest BCUT2D eigenvalue weighted by Gasteiger charge is -2.12. The zero-order valence-electron chi connectivity index (χ0n) is 9.41. The summed E-state index contributed by atoms with van der Waals surface area (Å²) in [5.74, 6) is 2.55. The molecule has 0 amide bonds. The quantitative estimate of drug-likeness (QED) is 0.852. The van der Waals surface area contributed by atoms with E-state index in [4.69, 9.17) is 17.3 Å². The predicted molar refractivity (Wildman–Crippen MR) is 66.4 cm³/mol. The molecule has 1 aromatic rings. The third-order valence-electron chi connectivity index (χ3n) is 3.18. The molecule has 88 valence electrons. The van der Waals surface area contributed by atoms with Gasteiger partial charge < -0.3 is 11.1 Å². The summed E-state index contributed by atoms with van der Waals surface area (Å²) in [5.41, 5.74) is 5.60. The van der Waals surface area contributed by atoms with Crippen LogP contribution in [0.1, 0.15) is 26.2 Å². The molecule has 0 aliphatic heterocycles. The Kier molecular flexibility index (Phi) is 3.49. The van der Waals surface area contributed by atoms with Crippen LogP contribution >= 0.6 is 11.6 Å². The number of nitrogens with two attached hydrogens (primary N) is 1.